The number of rotatable bonds is 6. The van der Waals surface area contributed by atoms with Gasteiger partial charge in [-0.2, -0.15) is 0 Å². The van der Waals surface area contributed by atoms with Crippen molar-refractivity contribution in [3.05, 3.63) is 54.1 Å². The van der Waals surface area contributed by atoms with Gasteiger partial charge in [0, 0.05) is 24.3 Å². The Balaban J connectivity index is 1.89. The topological polar surface area (TPSA) is 79.3 Å². The Labute approximate surface area is 176 Å². The van der Waals surface area contributed by atoms with Crippen molar-refractivity contribution in [2.75, 3.05) is 18.7 Å². The normalized spacial score (nSPS) is 13.6. The SMILES string of the molecule is CN(C(=O)[C@@H](CCc1ccccc1)N(C(=O)O)C(C)(C)C)c1ccc2c(c1)OCO2. The summed E-state index contributed by atoms with van der Waals surface area (Å²) in [5, 5.41) is 9.92. The maximum atomic E-state index is 13.5. The van der Waals surface area contributed by atoms with Gasteiger partial charge in [-0.3, -0.25) is 9.69 Å². The third-order valence-corrected chi connectivity index (χ3v) is 5.15. The molecular formula is C23H28N2O5. The van der Waals surface area contributed by atoms with Gasteiger partial charge in [-0.25, -0.2) is 4.79 Å². The van der Waals surface area contributed by atoms with E-state index in [0.29, 0.717) is 30.0 Å². The number of hydrogen-bond donors (Lipinski definition) is 1. The summed E-state index contributed by atoms with van der Waals surface area (Å²) < 4.78 is 10.7. The van der Waals surface area contributed by atoms with Crippen molar-refractivity contribution in [1.82, 2.24) is 4.90 Å². The fraction of sp³-hybridized carbons (Fsp3) is 0.391. The van der Waals surface area contributed by atoms with Crippen molar-refractivity contribution in [3.63, 3.8) is 0 Å². The van der Waals surface area contributed by atoms with Crippen molar-refractivity contribution in [1.29, 1.82) is 0 Å². The molecule has 30 heavy (non-hydrogen) atoms. The van der Waals surface area contributed by atoms with E-state index in [0.717, 1.165) is 5.56 Å². The molecule has 0 fully saturated rings. The molecule has 1 aliphatic heterocycles. The number of aryl methyl sites for hydroxylation is 1. The van der Waals surface area contributed by atoms with E-state index in [1.165, 1.54) is 9.80 Å². The minimum atomic E-state index is -1.12. The van der Waals surface area contributed by atoms with Gasteiger partial charge in [-0.1, -0.05) is 30.3 Å². The first kappa shape index (κ1) is 21.5. The molecule has 2 aromatic rings. The van der Waals surface area contributed by atoms with Crippen molar-refractivity contribution >= 4 is 17.7 Å². The highest BCUT2D eigenvalue weighted by Crippen LogP contribution is 2.35. The molecule has 1 heterocycles. The molecule has 7 heteroatoms. The van der Waals surface area contributed by atoms with Gasteiger partial charge in [0.25, 0.3) is 0 Å². The van der Waals surface area contributed by atoms with Gasteiger partial charge in [0.1, 0.15) is 6.04 Å². The minimum Gasteiger partial charge on any atom is -0.465 e. The summed E-state index contributed by atoms with van der Waals surface area (Å²) >= 11 is 0. The van der Waals surface area contributed by atoms with E-state index in [4.69, 9.17) is 9.47 Å². The van der Waals surface area contributed by atoms with Crippen LogP contribution in [-0.2, 0) is 11.2 Å². The molecule has 0 aliphatic carbocycles. The van der Waals surface area contributed by atoms with Crippen molar-refractivity contribution in [2.45, 2.75) is 45.2 Å². The summed E-state index contributed by atoms with van der Waals surface area (Å²) in [5.41, 5.74) is 0.937. The summed E-state index contributed by atoms with van der Waals surface area (Å²) in [6.07, 6.45) is -0.152. The summed E-state index contributed by atoms with van der Waals surface area (Å²) in [5.74, 6) is 0.906. The summed E-state index contributed by atoms with van der Waals surface area (Å²) in [6.45, 7) is 5.53. The van der Waals surface area contributed by atoms with Crippen molar-refractivity contribution in [3.8, 4) is 11.5 Å². The van der Waals surface area contributed by atoms with Gasteiger partial charge < -0.3 is 19.5 Å². The number of anilines is 1. The molecule has 1 aliphatic rings. The highest BCUT2D eigenvalue weighted by atomic mass is 16.7. The first-order valence-electron chi connectivity index (χ1n) is 9.92. The lowest BCUT2D eigenvalue weighted by atomic mass is 9.97. The quantitative estimate of drug-likeness (QED) is 0.771. The lowest BCUT2D eigenvalue weighted by Gasteiger charge is -2.40. The number of carbonyl (C=O) groups is 2. The molecule has 3 rings (SSSR count). The van der Waals surface area contributed by atoms with Crippen LogP contribution in [-0.4, -0.2) is 47.4 Å². The smallest absolute Gasteiger partial charge is 0.408 e. The van der Waals surface area contributed by atoms with Gasteiger partial charge >= 0.3 is 6.09 Å². The van der Waals surface area contributed by atoms with Crippen LogP contribution >= 0.6 is 0 Å². The van der Waals surface area contributed by atoms with E-state index in [-0.39, 0.29) is 12.7 Å². The summed E-state index contributed by atoms with van der Waals surface area (Å²) in [7, 11) is 1.65. The van der Waals surface area contributed by atoms with Gasteiger partial charge in [0.15, 0.2) is 11.5 Å². The Morgan fingerprint density at radius 2 is 1.73 bits per heavy atom. The molecule has 0 saturated heterocycles. The number of benzene rings is 2. The molecular weight excluding hydrogens is 384 g/mol. The number of amides is 2. The molecule has 0 aromatic heterocycles. The standard InChI is InChI=1S/C23H28N2O5/c1-23(2,3)25(22(27)28)18(12-10-16-8-6-5-7-9-16)21(26)24(4)17-11-13-19-20(14-17)30-15-29-19/h5-9,11,13-14,18H,10,12,15H2,1-4H3,(H,27,28)/t18-/m1/s1. The second kappa shape index (κ2) is 8.65. The molecule has 2 aromatic carbocycles. The molecule has 160 valence electrons. The number of fused-ring (bicyclic) bond motifs is 1. The van der Waals surface area contributed by atoms with Crippen LogP contribution in [0.3, 0.4) is 0 Å². The number of ether oxygens (including phenoxy) is 2. The van der Waals surface area contributed by atoms with Gasteiger partial charge in [-0.05, 0) is 51.3 Å². The Morgan fingerprint density at radius 3 is 2.37 bits per heavy atom. The molecule has 1 atom stereocenters. The fourth-order valence-corrected chi connectivity index (χ4v) is 3.64. The predicted molar refractivity (Wildman–Crippen MR) is 114 cm³/mol. The fourth-order valence-electron chi connectivity index (χ4n) is 3.64. The molecule has 2 amide bonds. The maximum Gasteiger partial charge on any atom is 0.408 e. The molecule has 7 nitrogen and oxygen atoms in total. The van der Waals surface area contributed by atoms with Crippen LogP contribution in [0, 0.1) is 0 Å². The monoisotopic (exact) mass is 412 g/mol. The van der Waals surface area contributed by atoms with Crippen LogP contribution < -0.4 is 14.4 Å². The third-order valence-electron chi connectivity index (χ3n) is 5.15. The van der Waals surface area contributed by atoms with E-state index < -0.39 is 17.7 Å². The zero-order valence-corrected chi connectivity index (χ0v) is 17.8. The minimum absolute atomic E-state index is 0.146. The molecule has 1 N–H and O–H groups in total. The number of likely N-dealkylation sites (N-methyl/N-ethyl adjacent to an activating group) is 1. The van der Waals surface area contributed by atoms with Crippen molar-refractivity contribution < 1.29 is 24.2 Å². The van der Waals surface area contributed by atoms with Crippen LogP contribution in [0.1, 0.15) is 32.8 Å². The number of hydrogen-bond acceptors (Lipinski definition) is 4. The van der Waals surface area contributed by atoms with Crippen LogP contribution in [0.2, 0.25) is 0 Å². The Hall–Kier alpha value is -3.22. The zero-order chi connectivity index (χ0) is 21.9. The highest BCUT2D eigenvalue weighted by Gasteiger charge is 2.38. The number of carboxylic acid groups (broad SMARTS) is 1. The van der Waals surface area contributed by atoms with Crippen LogP contribution in [0.25, 0.3) is 0 Å². The number of carbonyl (C=O) groups excluding carboxylic acids is 1. The van der Waals surface area contributed by atoms with Crippen LogP contribution in [0.5, 0.6) is 11.5 Å². The second-order valence-electron chi connectivity index (χ2n) is 8.30. The zero-order valence-electron chi connectivity index (χ0n) is 17.8. The second-order valence-corrected chi connectivity index (χ2v) is 8.30. The molecule has 0 saturated carbocycles. The summed E-state index contributed by atoms with van der Waals surface area (Å²) in [6, 6.07) is 14.2. The Kier molecular flexibility index (Phi) is 6.20. The van der Waals surface area contributed by atoms with E-state index in [1.807, 2.05) is 30.3 Å². The van der Waals surface area contributed by atoms with E-state index in [1.54, 1.807) is 46.0 Å². The van der Waals surface area contributed by atoms with Gasteiger partial charge in [0.2, 0.25) is 12.7 Å². The lowest BCUT2D eigenvalue weighted by Crippen LogP contribution is -2.57. The van der Waals surface area contributed by atoms with Crippen LogP contribution in [0.4, 0.5) is 10.5 Å². The maximum absolute atomic E-state index is 13.5. The lowest BCUT2D eigenvalue weighted by molar-refractivity contribution is -0.125. The Morgan fingerprint density at radius 1 is 1.07 bits per heavy atom. The molecule has 0 bridgehead atoms. The number of nitrogens with zero attached hydrogens (tertiary/aromatic N) is 2. The summed E-state index contributed by atoms with van der Waals surface area (Å²) in [4.78, 5) is 28.4. The molecule has 0 unspecified atom stereocenters. The first-order valence-corrected chi connectivity index (χ1v) is 9.92. The molecule has 0 radical (unpaired) electrons. The van der Waals surface area contributed by atoms with Gasteiger partial charge in [0.05, 0.1) is 0 Å². The average Bonchev–Trinajstić information content (AvgIpc) is 3.17. The largest absolute Gasteiger partial charge is 0.465 e. The van der Waals surface area contributed by atoms with E-state index in [2.05, 4.69) is 0 Å². The Bertz CT molecular complexity index is 908. The average molecular weight is 412 g/mol. The van der Waals surface area contributed by atoms with Crippen LogP contribution in [0.15, 0.2) is 48.5 Å². The van der Waals surface area contributed by atoms with E-state index >= 15 is 0 Å². The van der Waals surface area contributed by atoms with Gasteiger partial charge in [-0.15, -0.1) is 0 Å². The highest BCUT2D eigenvalue weighted by molar-refractivity contribution is 5.98. The molecule has 0 spiro atoms. The predicted octanol–water partition coefficient (Wildman–Crippen LogP) is 4.16. The third kappa shape index (κ3) is 4.67. The first-order chi connectivity index (χ1) is 14.2. The van der Waals surface area contributed by atoms with E-state index in [9.17, 15) is 14.7 Å². The van der Waals surface area contributed by atoms with Crippen molar-refractivity contribution in [2.24, 2.45) is 0 Å².